The second-order valence-corrected chi connectivity index (χ2v) is 12.2. The van der Waals surface area contributed by atoms with E-state index in [1.165, 1.54) is 9.77 Å². The van der Waals surface area contributed by atoms with E-state index in [1.807, 2.05) is 41.5 Å². The third-order valence-electron chi connectivity index (χ3n) is 7.20. The molecule has 0 spiro atoms. The normalized spacial score (nSPS) is 18.5. The van der Waals surface area contributed by atoms with Crippen molar-refractivity contribution in [3.05, 3.63) is 52.5 Å². The number of aromatic nitrogens is 1. The first-order valence-corrected chi connectivity index (χ1v) is 15.0. The second kappa shape index (κ2) is 13.7. The number of ether oxygens (including phenoxy) is 1. The Kier molecular flexibility index (Phi) is 10.3. The van der Waals surface area contributed by atoms with Crippen LogP contribution in [0.15, 0.2) is 46.1 Å². The van der Waals surface area contributed by atoms with Crippen molar-refractivity contribution in [1.82, 2.24) is 9.88 Å². The van der Waals surface area contributed by atoms with Gasteiger partial charge >= 0.3 is 5.97 Å². The predicted molar refractivity (Wildman–Crippen MR) is 151 cm³/mol. The van der Waals surface area contributed by atoms with E-state index >= 15 is 0 Å². The van der Waals surface area contributed by atoms with Crippen molar-refractivity contribution in [2.75, 3.05) is 32.5 Å². The van der Waals surface area contributed by atoms with E-state index in [0.29, 0.717) is 11.8 Å². The molecule has 0 aliphatic carbocycles. The van der Waals surface area contributed by atoms with E-state index in [1.54, 1.807) is 18.4 Å². The van der Waals surface area contributed by atoms with Crippen molar-refractivity contribution in [2.45, 2.75) is 49.2 Å². The molecule has 2 atom stereocenters. The smallest absolute Gasteiger partial charge is 0.303 e. The van der Waals surface area contributed by atoms with Gasteiger partial charge in [0.15, 0.2) is 0 Å². The number of halogens is 1. The Morgan fingerprint density at radius 2 is 2.14 bits per heavy atom. The summed E-state index contributed by atoms with van der Waals surface area (Å²) in [5, 5.41) is 13.4. The molecule has 8 heteroatoms. The van der Waals surface area contributed by atoms with Crippen molar-refractivity contribution in [2.24, 2.45) is 11.8 Å². The number of fused-ring (bicyclic) bond motifs is 1. The number of carbonyl (C=O) groups is 1. The summed E-state index contributed by atoms with van der Waals surface area (Å²) in [7, 11) is 1.69. The van der Waals surface area contributed by atoms with Crippen LogP contribution in [0.4, 0.5) is 0 Å². The standard InChI is InChI=1S/C28H35ClN2O3S2/c1-34-23-7-8-26-24(18-23)21(10-13-30-26)5-2-4-20-11-15-31(19-22(20)6-9-27(32)33)14-3-16-35-28-25(29)12-17-36-28/h7-8,10,12-13,17-18,20,22H,2-6,9,11,14-16,19H2,1H3,(H,32,33)/t20-,22+/m1/s1. The molecule has 3 heterocycles. The Morgan fingerprint density at radius 1 is 1.25 bits per heavy atom. The molecule has 1 saturated heterocycles. The molecule has 4 rings (SSSR count). The summed E-state index contributed by atoms with van der Waals surface area (Å²) in [4.78, 5) is 18.4. The molecule has 1 fully saturated rings. The fourth-order valence-electron chi connectivity index (χ4n) is 5.29. The van der Waals surface area contributed by atoms with Gasteiger partial charge in [0, 0.05) is 30.3 Å². The summed E-state index contributed by atoms with van der Waals surface area (Å²) < 4.78 is 6.62. The summed E-state index contributed by atoms with van der Waals surface area (Å²) in [5.41, 5.74) is 2.31. The number of methoxy groups -OCH3 is 1. The average Bonchev–Trinajstić information content (AvgIpc) is 3.30. The lowest BCUT2D eigenvalue weighted by Crippen LogP contribution is -2.41. The number of piperidine rings is 1. The fraction of sp³-hybridized carbons (Fsp3) is 0.500. The predicted octanol–water partition coefficient (Wildman–Crippen LogP) is 7.27. The van der Waals surface area contributed by atoms with Gasteiger partial charge in [-0.2, -0.15) is 0 Å². The maximum atomic E-state index is 11.3. The number of thiophene rings is 1. The number of likely N-dealkylation sites (tertiary alicyclic amines) is 1. The van der Waals surface area contributed by atoms with Crippen molar-refractivity contribution >= 4 is 51.6 Å². The van der Waals surface area contributed by atoms with Crippen LogP contribution >= 0.6 is 34.7 Å². The van der Waals surface area contributed by atoms with Crippen molar-refractivity contribution in [3.8, 4) is 5.75 Å². The highest BCUT2D eigenvalue weighted by Gasteiger charge is 2.29. The molecular weight excluding hydrogens is 512 g/mol. The van der Waals surface area contributed by atoms with E-state index < -0.39 is 5.97 Å². The summed E-state index contributed by atoms with van der Waals surface area (Å²) in [5.74, 6) is 2.26. The Hall–Kier alpha value is -1.80. The first-order chi connectivity index (χ1) is 17.5. The SMILES string of the molecule is COc1ccc2nccc(CCC[C@@H]3CCN(CCCSc4sccc4Cl)C[C@@H]3CCC(=O)O)c2c1. The van der Waals surface area contributed by atoms with Gasteiger partial charge in [0.25, 0.3) is 0 Å². The molecule has 0 radical (unpaired) electrons. The highest BCUT2D eigenvalue weighted by Crippen LogP contribution is 2.34. The van der Waals surface area contributed by atoms with Gasteiger partial charge in [-0.1, -0.05) is 11.6 Å². The largest absolute Gasteiger partial charge is 0.497 e. The van der Waals surface area contributed by atoms with Gasteiger partial charge in [-0.25, -0.2) is 0 Å². The van der Waals surface area contributed by atoms with Gasteiger partial charge in [0.2, 0.25) is 0 Å². The van der Waals surface area contributed by atoms with E-state index in [9.17, 15) is 9.90 Å². The topological polar surface area (TPSA) is 62.7 Å². The van der Waals surface area contributed by atoms with Crippen LogP contribution in [-0.4, -0.2) is 53.5 Å². The zero-order chi connectivity index (χ0) is 25.3. The van der Waals surface area contributed by atoms with Crippen LogP contribution in [0.3, 0.4) is 0 Å². The zero-order valence-corrected chi connectivity index (χ0v) is 23.2. The van der Waals surface area contributed by atoms with Gasteiger partial charge in [0.1, 0.15) is 5.75 Å². The molecule has 0 saturated carbocycles. The van der Waals surface area contributed by atoms with Crippen LogP contribution in [-0.2, 0) is 11.2 Å². The van der Waals surface area contributed by atoms with Crippen molar-refractivity contribution in [1.29, 1.82) is 0 Å². The van der Waals surface area contributed by atoms with E-state index in [4.69, 9.17) is 16.3 Å². The molecule has 0 unspecified atom stereocenters. The van der Waals surface area contributed by atoms with Crippen LogP contribution < -0.4 is 4.74 Å². The van der Waals surface area contributed by atoms with Gasteiger partial charge < -0.3 is 14.7 Å². The Labute approximate surface area is 227 Å². The van der Waals surface area contributed by atoms with E-state index in [-0.39, 0.29) is 6.42 Å². The lowest BCUT2D eigenvalue weighted by Gasteiger charge is -2.39. The number of carboxylic acid groups (broad SMARTS) is 1. The third-order valence-corrected chi connectivity index (χ3v) is 10.1. The second-order valence-electron chi connectivity index (χ2n) is 9.55. The lowest BCUT2D eigenvalue weighted by molar-refractivity contribution is -0.137. The van der Waals surface area contributed by atoms with Gasteiger partial charge in [-0.05, 0) is 105 Å². The van der Waals surface area contributed by atoms with Crippen LogP contribution in [0.5, 0.6) is 5.75 Å². The van der Waals surface area contributed by atoms with Crippen molar-refractivity contribution < 1.29 is 14.6 Å². The molecule has 1 aliphatic heterocycles. The number of aliphatic carboxylic acids is 1. The zero-order valence-electron chi connectivity index (χ0n) is 20.8. The molecule has 5 nitrogen and oxygen atoms in total. The minimum Gasteiger partial charge on any atom is -0.497 e. The third kappa shape index (κ3) is 7.60. The Balaban J connectivity index is 1.29. The Bertz CT molecular complexity index is 1140. The lowest BCUT2D eigenvalue weighted by atomic mass is 9.79. The number of rotatable bonds is 13. The number of benzene rings is 1. The molecule has 3 aromatic rings. The highest BCUT2D eigenvalue weighted by atomic mass is 35.5. The average molecular weight is 547 g/mol. The molecule has 36 heavy (non-hydrogen) atoms. The Morgan fingerprint density at radius 3 is 2.92 bits per heavy atom. The van der Waals surface area contributed by atoms with Crippen LogP contribution in [0.1, 0.15) is 44.1 Å². The summed E-state index contributed by atoms with van der Waals surface area (Å²) in [6, 6.07) is 10.1. The highest BCUT2D eigenvalue weighted by molar-refractivity contribution is 8.01. The first-order valence-electron chi connectivity index (χ1n) is 12.7. The maximum Gasteiger partial charge on any atom is 0.303 e. The molecule has 1 N–H and O–H groups in total. The number of nitrogens with zero attached hydrogens (tertiary/aromatic N) is 2. The number of thioether (sulfide) groups is 1. The first kappa shape index (κ1) is 27.2. The summed E-state index contributed by atoms with van der Waals surface area (Å²) >= 11 is 9.75. The van der Waals surface area contributed by atoms with Crippen molar-refractivity contribution in [3.63, 3.8) is 0 Å². The van der Waals surface area contributed by atoms with E-state index in [2.05, 4.69) is 22.0 Å². The molecule has 0 bridgehead atoms. The minimum absolute atomic E-state index is 0.260. The van der Waals surface area contributed by atoms with Gasteiger partial charge in [-0.3, -0.25) is 9.78 Å². The maximum absolute atomic E-state index is 11.3. The van der Waals surface area contributed by atoms with Gasteiger partial charge in [-0.15, -0.1) is 23.1 Å². The molecule has 1 aromatic carbocycles. The van der Waals surface area contributed by atoms with Crippen LogP contribution in [0, 0.1) is 11.8 Å². The van der Waals surface area contributed by atoms with Gasteiger partial charge in [0.05, 0.1) is 21.9 Å². The summed E-state index contributed by atoms with van der Waals surface area (Å²) in [6.07, 6.45) is 8.43. The van der Waals surface area contributed by atoms with Crippen LogP contribution in [0.25, 0.3) is 10.9 Å². The quantitative estimate of drug-likeness (QED) is 0.180. The van der Waals surface area contributed by atoms with Crippen LogP contribution in [0.2, 0.25) is 5.02 Å². The molecule has 2 aromatic heterocycles. The van der Waals surface area contributed by atoms with E-state index in [0.717, 1.165) is 85.6 Å². The number of pyridine rings is 1. The number of hydrogen-bond donors (Lipinski definition) is 1. The molecule has 1 aliphatic rings. The minimum atomic E-state index is -0.688. The number of hydrogen-bond acceptors (Lipinski definition) is 6. The fourth-order valence-corrected chi connectivity index (χ4v) is 7.59. The molecule has 194 valence electrons. The summed E-state index contributed by atoms with van der Waals surface area (Å²) in [6.45, 7) is 3.18. The molecular formula is C28H35ClN2O3S2. The molecule has 0 amide bonds. The number of aryl methyl sites for hydroxylation is 1. The monoisotopic (exact) mass is 546 g/mol. The number of carboxylic acids is 1.